The predicted octanol–water partition coefficient (Wildman–Crippen LogP) is 0.931. The van der Waals surface area contributed by atoms with Crippen LogP contribution in [0, 0.1) is 0 Å². The Morgan fingerprint density at radius 3 is 3.27 bits per heavy atom. The van der Waals surface area contributed by atoms with Gasteiger partial charge in [-0.25, -0.2) is 4.98 Å². The first-order chi connectivity index (χ1) is 5.40. The van der Waals surface area contributed by atoms with Crippen LogP contribution in [-0.4, -0.2) is 21.1 Å². The van der Waals surface area contributed by atoms with E-state index in [1.54, 1.807) is 11.3 Å². The molecule has 0 amide bonds. The SMILES string of the molecule is OCCc1cn2ccsc2n1. The Kier molecular flexibility index (Phi) is 1.63. The second kappa shape index (κ2) is 2.64. The zero-order valence-corrected chi connectivity index (χ0v) is 6.71. The van der Waals surface area contributed by atoms with Crippen LogP contribution >= 0.6 is 11.3 Å². The molecule has 0 unspecified atom stereocenters. The van der Waals surface area contributed by atoms with Gasteiger partial charge in [0.2, 0.25) is 0 Å². The fourth-order valence-electron chi connectivity index (χ4n) is 1.01. The Bertz CT molecular complexity index is 323. The van der Waals surface area contributed by atoms with Crippen LogP contribution in [0.25, 0.3) is 4.96 Å². The molecule has 0 saturated heterocycles. The van der Waals surface area contributed by atoms with Crippen molar-refractivity contribution >= 4 is 16.3 Å². The number of rotatable bonds is 2. The van der Waals surface area contributed by atoms with Crippen molar-refractivity contribution in [1.82, 2.24) is 9.38 Å². The van der Waals surface area contributed by atoms with Gasteiger partial charge in [0, 0.05) is 30.8 Å². The summed E-state index contributed by atoms with van der Waals surface area (Å²) in [5, 5.41) is 10.6. The lowest BCUT2D eigenvalue weighted by Crippen LogP contribution is -1.89. The number of hydrogen-bond donors (Lipinski definition) is 1. The Morgan fingerprint density at radius 2 is 2.55 bits per heavy atom. The van der Waals surface area contributed by atoms with Gasteiger partial charge in [0.25, 0.3) is 0 Å². The van der Waals surface area contributed by atoms with Crippen molar-refractivity contribution in [2.24, 2.45) is 0 Å². The van der Waals surface area contributed by atoms with Crippen LogP contribution in [0.3, 0.4) is 0 Å². The zero-order valence-electron chi connectivity index (χ0n) is 5.90. The number of nitrogens with zero attached hydrogens (tertiary/aromatic N) is 2. The Labute approximate surface area is 67.9 Å². The van der Waals surface area contributed by atoms with E-state index in [0.29, 0.717) is 6.42 Å². The summed E-state index contributed by atoms with van der Waals surface area (Å²) in [7, 11) is 0. The van der Waals surface area contributed by atoms with Gasteiger partial charge in [-0.3, -0.25) is 4.40 Å². The molecule has 0 saturated carbocycles. The Hall–Kier alpha value is -0.870. The highest BCUT2D eigenvalue weighted by molar-refractivity contribution is 7.15. The van der Waals surface area contributed by atoms with Crippen molar-refractivity contribution in [3.8, 4) is 0 Å². The van der Waals surface area contributed by atoms with E-state index in [9.17, 15) is 0 Å². The van der Waals surface area contributed by atoms with Crippen LogP contribution in [0.1, 0.15) is 5.69 Å². The summed E-state index contributed by atoms with van der Waals surface area (Å²) in [5.74, 6) is 0. The first-order valence-electron chi connectivity index (χ1n) is 3.42. The molecule has 3 nitrogen and oxygen atoms in total. The first-order valence-corrected chi connectivity index (χ1v) is 4.30. The minimum atomic E-state index is 0.171. The van der Waals surface area contributed by atoms with E-state index >= 15 is 0 Å². The summed E-state index contributed by atoms with van der Waals surface area (Å²) in [6.45, 7) is 0.171. The molecular formula is C7H8N2OS. The van der Waals surface area contributed by atoms with Crippen LogP contribution in [0.2, 0.25) is 0 Å². The number of aliphatic hydroxyl groups excluding tert-OH is 1. The highest BCUT2D eigenvalue weighted by Gasteiger charge is 1.99. The molecule has 0 aliphatic rings. The Morgan fingerprint density at radius 1 is 1.64 bits per heavy atom. The van der Waals surface area contributed by atoms with E-state index in [2.05, 4.69) is 4.98 Å². The minimum absolute atomic E-state index is 0.171. The fraction of sp³-hybridized carbons (Fsp3) is 0.286. The van der Waals surface area contributed by atoms with Crippen LogP contribution in [0.5, 0.6) is 0 Å². The molecule has 0 aliphatic carbocycles. The number of imidazole rings is 1. The van der Waals surface area contributed by atoms with Gasteiger partial charge in [0.15, 0.2) is 4.96 Å². The second-order valence-corrected chi connectivity index (χ2v) is 3.17. The van der Waals surface area contributed by atoms with Crippen molar-refractivity contribution in [2.45, 2.75) is 6.42 Å². The van der Waals surface area contributed by atoms with E-state index in [1.165, 1.54) is 0 Å². The van der Waals surface area contributed by atoms with Crippen LogP contribution in [0.15, 0.2) is 17.8 Å². The molecule has 2 rings (SSSR count). The lowest BCUT2D eigenvalue weighted by atomic mass is 10.4. The normalized spacial score (nSPS) is 11.0. The van der Waals surface area contributed by atoms with Gasteiger partial charge in [-0.2, -0.15) is 0 Å². The Balaban J connectivity index is 2.42. The molecule has 0 atom stereocenters. The molecule has 0 aliphatic heterocycles. The van der Waals surface area contributed by atoms with Gasteiger partial charge in [0.1, 0.15) is 0 Å². The zero-order chi connectivity index (χ0) is 7.68. The quantitative estimate of drug-likeness (QED) is 0.724. The lowest BCUT2D eigenvalue weighted by molar-refractivity contribution is 0.298. The maximum atomic E-state index is 8.64. The third-order valence-electron chi connectivity index (χ3n) is 1.51. The molecule has 11 heavy (non-hydrogen) atoms. The molecule has 1 N–H and O–H groups in total. The third kappa shape index (κ3) is 1.15. The number of aliphatic hydroxyl groups is 1. The molecular weight excluding hydrogens is 160 g/mol. The molecule has 2 aromatic heterocycles. The molecule has 2 aromatic rings. The van der Waals surface area contributed by atoms with Crippen LogP contribution in [-0.2, 0) is 6.42 Å². The number of hydrogen-bond acceptors (Lipinski definition) is 3. The van der Waals surface area contributed by atoms with Crippen LogP contribution < -0.4 is 0 Å². The summed E-state index contributed by atoms with van der Waals surface area (Å²) in [6, 6.07) is 0. The summed E-state index contributed by atoms with van der Waals surface area (Å²) in [6.07, 6.45) is 4.56. The van der Waals surface area contributed by atoms with Crippen molar-refractivity contribution in [3.63, 3.8) is 0 Å². The van der Waals surface area contributed by atoms with E-state index in [0.717, 1.165) is 10.7 Å². The maximum Gasteiger partial charge on any atom is 0.193 e. The van der Waals surface area contributed by atoms with Crippen molar-refractivity contribution in [3.05, 3.63) is 23.5 Å². The second-order valence-electron chi connectivity index (χ2n) is 2.30. The maximum absolute atomic E-state index is 8.64. The van der Waals surface area contributed by atoms with Crippen molar-refractivity contribution in [1.29, 1.82) is 0 Å². The van der Waals surface area contributed by atoms with Crippen LogP contribution in [0.4, 0.5) is 0 Å². The monoisotopic (exact) mass is 168 g/mol. The molecule has 2 heterocycles. The van der Waals surface area contributed by atoms with E-state index in [-0.39, 0.29) is 6.61 Å². The van der Waals surface area contributed by atoms with Gasteiger partial charge in [0.05, 0.1) is 5.69 Å². The smallest absolute Gasteiger partial charge is 0.193 e. The van der Waals surface area contributed by atoms with Crippen molar-refractivity contribution < 1.29 is 5.11 Å². The van der Waals surface area contributed by atoms with Gasteiger partial charge in [-0.15, -0.1) is 11.3 Å². The molecule has 0 radical (unpaired) electrons. The standard InChI is InChI=1S/C7H8N2OS/c10-3-1-6-5-9-2-4-11-7(9)8-6/h2,4-5,10H,1,3H2. The average Bonchev–Trinajstić information content (AvgIpc) is 2.46. The summed E-state index contributed by atoms with van der Waals surface area (Å²) < 4.78 is 1.97. The van der Waals surface area contributed by atoms with Gasteiger partial charge >= 0.3 is 0 Å². The largest absolute Gasteiger partial charge is 0.396 e. The first kappa shape index (κ1) is 6.82. The summed E-state index contributed by atoms with van der Waals surface area (Å²) >= 11 is 1.60. The van der Waals surface area contributed by atoms with E-state index in [1.807, 2.05) is 22.2 Å². The molecule has 4 heteroatoms. The molecule has 58 valence electrons. The molecule has 0 bridgehead atoms. The van der Waals surface area contributed by atoms with Gasteiger partial charge in [-0.05, 0) is 0 Å². The number of thiazole rings is 1. The number of fused-ring (bicyclic) bond motifs is 1. The lowest BCUT2D eigenvalue weighted by Gasteiger charge is -1.85. The highest BCUT2D eigenvalue weighted by atomic mass is 32.1. The molecule has 0 aromatic carbocycles. The van der Waals surface area contributed by atoms with E-state index < -0.39 is 0 Å². The third-order valence-corrected chi connectivity index (χ3v) is 2.28. The highest BCUT2D eigenvalue weighted by Crippen LogP contribution is 2.11. The minimum Gasteiger partial charge on any atom is -0.396 e. The van der Waals surface area contributed by atoms with Gasteiger partial charge in [-0.1, -0.05) is 0 Å². The van der Waals surface area contributed by atoms with Gasteiger partial charge < -0.3 is 5.11 Å². The molecule has 0 spiro atoms. The summed E-state index contributed by atoms with van der Waals surface area (Å²) in [4.78, 5) is 5.28. The molecule has 0 fully saturated rings. The average molecular weight is 168 g/mol. The van der Waals surface area contributed by atoms with E-state index in [4.69, 9.17) is 5.11 Å². The predicted molar refractivity (Wildman–Crippen MR) is 43.9 cm³/mol. The number of aromatic nitrogens is 2. The van der Waals surface area contributed by atoms with Crippen molar-refractivity contribution in [2.75, 3.05) is 6.61 Å². The summed E-state index contributed by atoms with van der Waals surface area (Å²) in [5.41, 5.74) is 0.958. The fourth-order valence-corrected chi connectivity index (χ4v) is 1.73. The topological polar surface area (TPSA) is 37.5 Å².